The van der Waals surface area contributed by atoms with Gasteiger partial charge in [-0.05, 0) is 24.3 Å². The zero-order valence-electron chi connectivity index (χ0n) is 8.65. The zero-order valence-corrected chi connectivity index (χ0v) is 10.2. The van der Waals surface area contributed by atoms with Crippen molar-refractivity contribution in [2.24, 2.45) is 0 Å². The number of ether oxygens (including phenoxy) is 1. The molecule has 1 aromatic rings. The van der Waals surface area contributed by atoms with E-state index in [4.69, 9.17) is 0 Å². The van der Waals surface area contributed by atoms with Gasteiger partial charge in [-0.2, -0.15) is 22.0 Å². The summed E-state index contributed by atoms with van der Waals surface area (Å²) in [5.41, 5.74) is 0. The van der Waals surface area contributed by atoms with Gasteiger partial charge in [0.1, 0.15) is 5.75 Å². The predicted molar refractivity (Wildman–Crippen MR) is 55.5 cm³/mol. The highest BCUT2D eigenvalue weighted by Crippen LogP contribution is 2.35. The largest absolute Gasteiger partial charge is 0.487 e. The number of hydrogen-bond donors (Lipinski definition) is 0. The Bertz CT molecular complexity index is 388. The van der Waals surface area contributed by atoms with E-state index in [1.807, 2.05) is 0 Å². The minimum atomic E-state index is -5.62. The van der Waals surface area contributed by atoms with Crippen LogP contribution in [0.1, 0.15) is 0 Å². The van der Waals surface area contributed by atoms with Crippen LogP contribution in [0.3, 0.4) is 0 Å². The summed E-state index contributed by atoms with van der Waals surface area (Å²) >= 11 is 3.07. The molecule has 18 heavy (non-hydrogen) atoms. The maximum absolute atomic E-state index is 12.8. The second kappa shape index (κ2) is 5.38. The number of alkyl halides is 6. The van der Waals surface area contributed by atoms with Crippen molar-refractivity contribution in [1.82, 2.24) is 0 Å². The lowest BCUT2D eigenvalue weighted by Crippen LogP contribution is -2.45. The van der Waals surface area contributed by atoms with Crippen LogP contribution in [0.5, 0.6) is 5.75 Å². The van der Waals surface area contributed by atoms with Gasteiger partial charge in [-0.15, -0.1) is 0 Å². The Labute approximate surface area is 107 Å². The molecule has 1 aromatic carbocycles. The van der Waals surface area contributed by atoms with E-state index in [1.54, 1.807) is 0 Å². The molecule has 0 aliphatic heterocycles. The molecule has 0 aliphatic carbocycles. The van der Waals surface area contributed by atoms with Gasteiger partial charge in [0.05, 0.1) is 0 Å². The molecule has 0 amide bonds. The lowest BCUT2D eigenvalue weighted by atomic mass is 10.2. The molecule has 1 nitrogen and oxygen atoms in total. The minimum Gasteiger partial charge on any atom is -0.487 e. The molecule has 0 spiro atoms. The first-order valence-electron chi connectivity index (χ1n) is 4.60. The first kappa shape index (κ1) is 15.1. The van der Waals surface area contributed by atoms with Crippen LogP contribution in [0, 0.1) is 0 Å². The molecule has 1 rings (SSSR count). The van der Waals surface area contributed by atoms with E-state index in [2.05, 4.69) is 20.7 Å². The van der Waals surface area contributed by atoms with Gasteiger partial charge >= 0.3 is 12.1 Å². The van der Waals surface area contributed by atoms with Crippen LogP contribution in [-0.2, 0) is 0 Å². The molecular formula is C10H7BrF6O. The molecule has 0 aromatic heterocycles. The summed E-state index contributed by atoms with van der Waals surface area (Å²) < 4.78 is 78.7. The van der Waals surface area contributed by atoms with E-state index in [0.717, 1.165) is 0 Å². The smallest absolute Gasteiger partial charge is 0.425 e. The van der Waals surface area contributed by atoms with Crippen molar-refractivity contribution >= 4 is 15.9 Å². The van der Waals surface area contributed by atoms with Gasteiger partial charge in [-0.1, -0.05) is 15.9 Å². The van der Waals surface area contributed by atoms with E-state index in [0.29, 0.717) is 4.47 Å². The summed E-state index contributed by atoms with van der Waals surface area (Å²) in [7, 11) is 0. The Hall–Kier alpha value is -0.920. The molecule has 0 fully saturated rings. The summed E-state index contributed by atoms with van der Waals surface area (Å²) in [5.74, 6) is -4.71. The summed E-state index contributed by atoms with van der Waals surface area (Å²) in [4.78, 5) is 0. The van der Waals surface area contributed by atoms with Crippen molar-refractivity contribution < 1.29 is 31.1 Å². The number of benzene rings is 1. The lowest BCUT2D eigenvalue weighted by Gasteiger charge is -2.22. The lowest BCUT2D eigenvalue weighted by molar-refractivity contribution is -0.250. The second-order valence-corrected chi connectivity index (χ2v) is 4.32. The highest BCUT2D eigenvalue weighted by atomic mass is 79.9. The van der Waals surface area contributed by atoms with Gasteiger partial charge in [0.2, 0.25) is 0 Å². The fourth-order valence-corrected chi connectivity index (χ4v) is 1.29. The molecule has 0 aliphatic rings. The Morgan fingerprint density at radius 2 is 1.56 bits per heavy atom. The van der Waals surface area contributed by atoms with Crippen molar-refractivity contribution in [3.8, 4) is 5.75 Å². The minimum absolute atomic E-state index is 0.0766. The highest BCUT2D eigenvalue weighted by Gasteiger charge is 2.57. The molecule has 102 valence electrons. The van der Waals surface area contributed by atoms with Gasteiger partial charge in [0, 0.05) is 4.47 Å². The Morgan fingerprint density at radius 1 is 1.06 bits per heavy atom. The first-order valence-corrected chi connectivity index (χ1v) is 5.39. The zero-order chi connectivity index (χ0) is 14.0. The Balaban J connectivity index is 2.64. The van der Waals surface area contributed by atoms with Crippen LogP contribution < -0.4 is 4.74 Å². The predicted octanol–water partition coefficient (Wildman–Crippen LogP) is 4.36. The van der Waals surface area contributed by atoms with Crippen LogP contribution in [0.15, 0.2) is 28.7 Å². The summed E-state index contributed by atoms with van der Waals surface area (Å²) in [6.45, 7) is -1.69. The monoisotopic (exact) mass is 336 g/mol. The second-order valence-electron chi connectivity index (χ2n) is 3.41. The Kier molecular flexibility index (Phi) is 4.52. The molecular weight excluding hydrogens is 330 g/mol. The molecule has 0 heterocycles. The van der Waals surface area contributed by atoms with Crippen LogP contribution in [0.4, 0.5) is 26.3 Å². The maximum Gasteiger partial charge on any atom is 0.425 e. The van der Waals surface area contributed by atoms with Crippen molar-refractivity contribution in [2.45, 2.75) is 18.3 Å². The molecule has 0 N–H and O–H groups in total. The van der Waals surface area contributed by atoms with Gasteiger partial charge in [-0.3, -0.25) is 0 Å². The third-order valence-corrected chi connectivity index (χ3v) is 2.43. The van der Waals surface area contributed by atoms with Gasteiger partial charge < -0.3 is 4.74 Å². The summed E-state index contributed by atoms with van der Waals surface area (Å²) in [6.07, 6.45) is -9.87. The van der Waals surface area contributed by atoms with Crippen LogP contribution >= 0.6 is 15.9 Å². The van der Waals surface area contributed by atoms with Gasteiger partial charge in [0.25, 0.3) is 6.17 Å². The fourth-order valence-electron chi connectivity index (χ4n) is 1.02. The van der Waals surface area contributed by atoms with Crippen molar-refractivity contribution in [2.75, 3.05) is 6.61 Å². The van der Waals surface area contributed by atoms with Crippen molar-refractivity contribution in [3.63, 3.8) is 0 Å². The average molecular weight is 337 g/mol. The molecule has 0 saturated carbocycles. The highest BCUT2D eigenvalue weighted by molar-refractivity contribution is 9.10. The number of halogens is 7. The van der Waals surface area contributed by atoms with Crippen molar-refractivity contribution in [3.05, 3.63) is 28.7 Å². The average Bonchev–Trinajstić information content (AvgIpc) is 2.26. The quantitative estimate of drug-likeness (QED) is 0.742. The third-order valence-electron chi connectivity index (χ3n) is 1.90. The van der Waals surface area contributed by atoms with Crippen molar-refractivity contribution in [1.29, 1.82) is 0 Å². The molecule has 0 radical (unpaired) electrons. The molecule has 0 bridgehead atoms. The van der Waals surface area contributed by atoms with Gasteiger partial charge in [-0.25, -0.2) is 4.39 Å². The first-order chi connectivity index (χ1) is 8.13. The third kappa shape index (κ3) is 4.08. The molecule has 1 atom stereocenters. The normalized spacial score (nSPS) is 14.4. The topological polar surface area (TPSA) is 9.23 Å². The standard InChI is InChI=1S/C10H7BrF6O/c11-6-1-3-7(4-2-6)18-5-9(13,14)8(12)10(15,16)17/h1-4,8H,5H2/t8-/m1/s1. The maximum atomic E-state index is 12.8. The molecule has 0 saturated heterocycles. The SMILES string of the molecule is F[C@@H](C(F)(F)F)C(F)(F)COc1ccc(Br)cc1. The van der Waals surface area contributed by atoms with E-state index in [1.165, 1.54) is 24.3 Å². The van der Waals surface area contributed by atoms with E-state index >= 15 is 0 Å². The number of rotatable bonds is 4. The van der Waals surface area contributed by atoms with E-state index < -0.39 is 24.9 Å². The molecule has 0 unspecified atom stereocenters. The summed E-state index contributed by atoms with van der Waals surface area (Å²) in [5, 5.41) is 0. The Morgan fingerprint density at radius 3 is 2.00 bits per heavy atom. The van der Waals surface area contributed by atoms with Gasteiger partial charge in [0.15, 0.2) is 6.61 Å². The number of hydrogen-bond acceptors (Lipinski definition) is 1. The molecule has 8 heteroatoms. The van der Waals surface area contributed by atoms with Crippen LogP contribution in [0.2, 0.25) is 0 Å². The van der Waals surface area contributed by atoms with Crippen LogP contribution in [-0.4, -0.2) is 24.9 Å². The van der Waals surface area contributed by atoms with Crippen LogP contribution in [0.25, 0.3) is 0 Å². The summed E-state index contributed by atoms with van der Waals surface area (Å²) in [6, 6.07) is 5.43. The van der Waals surface area contributed by atoms with E-state index in [-0.39, 0.29) is 5.75 Å². The fraction of sp³-hybridized carbons (Fsp3) is 0.400. The van der Waals surface area contributed by atoms with E-state index in [9.17, 15) is 26.3 Å².